The molecule has 0 fully saturated rings. The van der Waals surface area contributed by atoms with Gasteiger partial charge in [0, 0.05) is 6.42 Å². The van der Waals surface area contributed by atoms with Gasteiger partial charge in [-0.05, 0) is 31.0 Å². The molecule has 0 aromatic heterocycles. The minimum absolute atomic E-state index is 0.152. The lowest BCUT2D eigenvalue weighted by Gasteiger charge is -2.12. The van der Waals surface area contributed by atoms with E-state index in [0.29, 0.717) is 13.0 Å². The van der Waals surface area contributed by atoms with E-state index in [9.17, 15) is 4.79 Å². The van der Waals surface area contributed by atoms with E-state index >= 15 is 0 Å². The van der Waals surface area contributed by atoms with E-state index in [4.69, 9.17) is 9.47 Å². The molecule has 0 atom stereocenters. The number of carbonyl (C=O) groups is 1. The van der Waals surface area contributed by atoms with E-state index < -0.39 is 0 Å². The van der Waals surface area contributed by atoms with E-state index in [1.807, 2.05) is 18.2 Å². The molecule has 0 radical (unpaired) electrons. The highest BCUT2D eigenvalue weighted by atomic mass is 16.5. The molecule has 3 heteroatoms. The van der Waals surface area contributed by atoms with E-state index in [1.54, 1.807) is 14.0 Å². The number of methoxy groups -OCH3 is 1. The number of ketones is 1. The second kappa shape index (κ2) is 8.57. The van der Waals surface area contributed by atoms with Gasteiger partial charge in [0.1, 0.15) is 5.78 Å². The van der Waals surface area contributed by atoms with E-state index in [0.717, 1.165) is 23.5 Å². The van der Waals surface area contributed by atoms with Gasteiger partial charge in [0.15, 0.2) is 11.5 Å². The minimum atomic E-state index is 0.152. The molecule has 106 valence electrons. The van der Waals surface area contributed by atoms with Crippen LogP contribution in [-0.4, -0.2) is 19.5 Å². The molecule has 0 heterocycles. The number of benzene rings is 1. The zero-order valence-corrected chi connectivity index (χ0v) is 12.2. The predicted molar refractivity (Wildman–Crippen MR) is 77.0 cm³/mol. The summed E-state index contributed by atoms with van der Waals surface area (Å²) in [4.78, 5) is 11.1. The Morgan fingerprint density at radius 3 is 2.58 bits per heavy atom. The van der Waals surface area contributed by atoms with Crippen LogP contribution in [-0.2, 0) is 11.2 Å². The van der Waals surface area contributed by atoms with Gasteiger partial charge < -0.3 is 9.47 Å². The lowest BCUT2D eigenvalue weighted by molar-refractivity contribution is -0.116. The van der Waals surface area contributed by atoms with Crippen molar-refractivity contribution in [3.63, 3.8) is 0 Å². The van der Waals surface area contributed by atoms with E-state index in [-0.39, 0.29) is 5.78 Å². The number of unbranched alkanes of at least 4 members (excludes halogenated alkanes) is 3. The second-order valence-electron chi connectivity index (χ2n) is 4.77. The summed E-state index contributed by atoms with van der Waals surface area (Å²) in [5.41, 5.74) is 0.969. The van der Waals surface area contributed by atoms with Crippen LogP contribution in [0.5, 0.6) is 11.5 Å². The minimum Gasteiger partial charge on any atom is -0.493 e. The zero-order chi connectivity index (χ0) is 14.1. The Kier molecular flexibility index (Phi) is 7.01. The number of Topliss-reactive ketones (excluding diaryl/α,β-unsaturated/α-hetero) is 1. The van der Waals surface area contributed by atoms with Crippen LogP contribution in [0, 0.1) is 0 Å². The molecule has 0 spiro atoms. The smallest absolute Gasteiger partial charge is 0.161 e. The van der Waals surface area contributed by atoms with E-state index in [1.165, 1.54) is 19.3 Å². The molecular formula is C16H24O3. The van der Waals surface area contributed by atoms with Crippen molar-refractivity contribution in [2.75, 3.05) is 13.7 Å². The number of hydrogen-bond acceptors (Lipinski definition) is 3. The van der Waals surface area contributed by atoms with E-state index in [2.05, 4.69) is 6.92 Å². The first-order valence-electron chi connectivity index (χ1n) is 6.96. The fourth-order valence-corrected chi connectivity index (χ4v) is 1.94. The lowest BCUT2D eigenvalue weighted by atomic mass is 10.1. The van der Waals surface area contributed by atoms with Crippen molar-refractivity contribution in [1.82, 2.24) is 0 Å². The summed E-state index contributed by atoms with van der Waals surface area (Å²) in [6.07, 6.45) is 5.14. The van der Waals surface area contributed by atoms with Crippen molar-refractivity contribution in [2.45, 2.75) is 46.0 Å². The molecule has 0 saturated carbocycles. The van der Waals surface area contributed by atoms with Gasteiger partial charge in [0.2, 0.25) is 0 Å². The van der Waals surface area contributed by atoms with Crippen LogP contribution in [0.25, 0.3) is 0 Å². The zero-order valence-electron chi connectivity index (χ0n) is 12.2. The first-order valence-corrected chi connectivity index (χ1v) is 6.96. The van der Waals surface area contributed by atoms with Gasteiger partial charge in [-0.1, -0.05) is 32.3 Å². The van der Waals surface area contributed by atoms with Gasteiger partial charge in [0.05, 0.1) is 13.7 Å². The van der Waals surface area contributed by atoms with Gasteiger partial charge in [-0.2, -0.15) is 0 Å². The molecule has 0 aliphatic rings. The Hall–Kier alpha value is -1.51. The Labute approximate surface area is 115 Å². The third-order valence-corrected chi connectivity index (χ3v) is 2.94. The van der Waals surface area contributed by atoms with Gasteiger partial charge in [-0.3, -0.25) is 4.79 Å². The molecule has 1 aromatic rings. The fourth-order valence-electron chi connectivity index (χ4n) is 1.94. The number of rotatable bonds is 9. The van der Waals surface area contributed by atoms with Gasteiger partial charge in [-0.25, -0.2) is 0 Å². The van der Waals surface area contributed by atoms with Crippen molar-refractivity contribution >= 4 is 5.78 Å². The molecule has 0 aliphatic heterocycles. The Morgan fingerprint density at radius 1 is 1.16 bits per heavy atom. The Bertz CT molecular complexity index is 399. The third kappa shape index (κ3) is 5.77. The molecule has 0 saturated heterocycles. The van der Waals surface area contributed by atoms with Crippen LogP contribution >= 0.6 is 0 Å². The summed E-state index contributed by atoms with van der Waals surface area (Å²) in [6, 6.07) is 5.67. The fraction of sp³-hybridized carbons (Fsp3) is 0.562. The average molecular weight is 264 g/mol. The van der Waals surface area contributed by atoms with Crippen LogP contribution in [0.15, 0.2) is 18.2 Å². The van der Waals surface area contributed by atoms with Crippen LogP contribution in [0.1, 0.15) is 45.1 Å². The summed E-state index contributed by atoms with van der Waals surface area (Å²) in [5.74, 6) is 1.61. The van der Waals surface area contributed by atoms with Crippen molar-refractivity contribution in [3.05, 3.63) is 23.8 Å². The molecule has 0 aliphatic carbocycles. The highest BCUT2D eigenvalue weighted by molar-refractivity contribution is 5.78. The molecule has 0 N–H and O–H groups in total. The van der Waals surface area contributed by atoms with Gasteiger partial charge in [0.25, 0.3) is 0 Å². The average Bonchev–Trinajstić information content (AvgIpc) is 2.38. The summed E-state index contributed by atoms with van der Waals surface area (Å²) >= 11 is 0. The van der Waals surface area contributed by atoms with Crippen LogP contribution in [0.2, 0.25) is 0 Å². The second-order valence-corrected chi connectivity index (χ2v) is 4.77. The summed E-state index contributed by atoms with van der Waals surface area (Å²) in [7, 11) is 1.63. The van der Waals surface area contributed by atoms with Crippen molar-refractivity contribution < 1.29 is 14.3 Å². The predicted octanol–water partition coefficient (Wildman–Crippen LogP) is 3.79. The number of hydrogen-bond donors (Lipinski definition) is 0. The maximum Gasteiger partial charge on any atom is 0.161 e. The maximum atomic E-state index is 11.1. The Balaban J connectivity index is 2.59. The summed E-state index contributed by atoms with van der Waals surface area (Å²) in [5, 5.41) is 0. The summed E-state index contributed by atoms with van der Waals surface area (Å²) in [6.45, 7) is 4.48. The van der Waals surface area contributed by atoms with Gasteiger partial charge >= 0.3 is 0 Å². The van der Waals surface area contributed by atoms with Crippen molar-refractivity contribution in [1.29, 1.82) is 0 Å². The first kappa shape index (κ1) is 15.5. The molecular weight excluding hydrogens is 240 g/mol. The molecule has 1 rings (SSSR count). The van der Waals surface area contributed by atoms with Crippen LogP contribution in [0.4, 0.5) is 0 Å². The normalized spacial score (nSPS) is 10.3. The topological polar surface area (TPSA) is 35.5 Å². The summed E-state index contributed by atoms with van der Waals surface area (Å²) < 4.78 is 11.0. The van der Waals surface area contributed by atoms with Crippen molar-refractivity contribution in [3.8, 4) is 11.5 Å². The third-order valence-electron chi connectivity index (χ3n) is 2.94. The molecule has 0 amide bonds. The maximum absolute atomic E-state index is 11.1. The number of ether oxygens (including phenoxy) is 2. The SMILES string of the molecule is CCCCCCOc1cc(CC(C)=O)ccc1OC. The largest absolute Gasteiger partial charge is 0.493 e. The highest BCUT2D eigenvalue weighted by Crippen LogP contribution is 2.28. The number of carbonyl (C=O) groups excluding carboxylic acids is 1. The van der Waals surface area contributed by atoms with Crippen molar-refractivity contribution in [2.24, 2.45) is 0 Å². The molecule has 3 nitrogen and oxygen atoms in total. The molecule has 0 unspecified atom stereocenters. The Morgan fingerprint density at radius 2 is 1.95 bits per heavy atom. The van der Waals surface area contributed by atoms with Gasteiger partial charge in [-0.15, -0.1) is 0 Å². The quantitative estimate of drug-likeness (QED) is 0.637. The molecule has 19 heavy (non-hydrogen) atoms. The molecule has 0 bridgehead atoms. The van der Waals surface area contributed by atoms with Crippen LogP contribution in [0.3, 0.4) is 0 Å². The standard InChI is InChI=1S/C16H24O3/c1-4-5-6-7-10-19-16-12-14(11-13(2)17)8-9-15(16)18-3/h8-9,12H,4-7,10-11H2,1-3H3. The highest BCUT2D eigenvalue weighted by Gasteiger charge is 2.07. The molecule has 1 aromatic carbocycles. The monoisotopic (exact) mass is 264 g/mol. The first-order chi connectivity index (χ1) is 9.17. The lowest BCUT2D eigenvalue weighted by Crippen LogP contribution is -2.02. The van der Waals surface area contributed by atoms with Crippen LogP contribution < -0.4 is 9.47 Å².